The Balaban J connectivity index is 1.95. The van der Waals surface area contributed by atoms with Crippen molar-refractivity contribution in [2.45, 2.75) is 0 Å². The number of benzene rings is 2. The molecular weight excluding hydrogens is 393 g/mol. The van der Waals surface area contributed by atoms with Crippen molar-refractivity contribution < 1.29 is 14.0 Å². The van der Waals surface area contributed by atoms with Crippen molar-refractivity contribution in [3.63, 3.8) is 0 Å². The normalized spacial score (nSPS) is 10.6. The quantitative estimate of drug-likeness (QED) is 0.625. The number of fused-ring (bicyclic) bond motifs is 1. The number of H-pyrrole nitrogens is 1. The summed E-state index contributed by atoms with van der Waals surface area (Å²) in [5, 5.41) is 2.93. The van der Waals surface area contributed by atoms with Crippen LogP contribution in [0.5, 0.6) is 0 Å². The summed E-state index contributed by atoms with van der Waals surface area (Å²) in [7, 11) is 0. The van der Waals surface area contributed by atoms with E-state index in [2.05, 4.69) is 26.2 Å². The highest BCUT2D eigenvalue weighted by atomic mass is 79.9. The molecule has 126 valence electrons. The fourth-order valence-corrected chi connectivity index (χ4v) is 2.69. The lowest BCUT2D eigenvalue weighted by Gasteiger charge is -2.08. The smallest absolute Gasteiger partial charge is 0.272 e. The molecule has 0 bridgehead atoms. The number of anilines is 1. The topological polar surface area (TPSA) is 105 Å². The highest BCUT2D eigenvalue weighted by Gasteiger charge is 2.13. The van der Waals surface area contributed by atoms with E-state index < -0.39 is 17.6 Å². The number of amides is 2. The highest BCUT2D eigenvalue weighted by Crippen LogP contribution is 2.17. The molecule has 1 aromatic heterocycles. The first-order chi connectivity index (χ1) is 11.8. The van der Waals surface area contributed by atoms with Crippen molar-refractivity contribution in [3.8, 4) is 0 Å². The molecule has 0 fully saturated rings. The number of hydrogen-bond donors (Lipinski definition) is 3. The van der Waals surface area contributed by atoms with Crippen LogP contribution in [0.2, 0.25) is 0 Å². The number of pyridine rings is 1. The van der Waals surface area contributed by atoms with Gasteiger partial charge in [0.2, 0.25) is 0 Å². The fourth-order valence-electron chi connectivity index (χ4n) is 2.33. The van der Waals surface area contributed by atoms with Gasteiger partial charge in [0.15, 0.2) is 5.43 Å². The Hall–Kier alpha value is -3.00. The van der Waals surface area contributed by atoms with E-state index in [4.69, 9.17) is 5.73 Å². The summed E-state index contributed by atoms with van der Waals surface area (Å²) < 4.78 is 14.2. The number of rotatable bonds is 3. The van der Waals surface area contributed by atoms with Gasteiger partial charge in [0, 0.05) is 27.1 Å². The molecule has 1 heterocycles. The highest BCUT2D eigenvalue weighted by molar-refractivity contribution is 9.10. The third-order valence-electron chi connectivity index (χ3n) is 3.53. The maximum absolute atomic E-state index is 13.5. The summed E-state index contributed by atoms with van der Waals surface area (Å²) in [4.78, 5) is 38.5. The molecule has 0 aliphatic carbocycles. The van der Waals surface area contributed by atoms with E-state index in [0.29, 0.717) is 10.9 Å². The van der Waals surface area contributed by atoms with Crippen molar-refractivity contribution in [2.75, 3.05) is 5.32 Å². The largest absolute Gasteiger partial charge is 0.366 e. The Morgan fingerprint density at radius 3 is 2.60 bits per heavy atom. The summed E-state index contributed by atoms with van der Waals surface area (Å²) in [6.07, 6.45) is 0. The molecule has 3 aromatic rings. The average molecular weight is 404 g/mol. The van der Waals surface area contributed by atoms with Crippen LogP contribution in [0.3, 0.4) is 0 Å². The zero-order valence-electron chi connectivity index (χ0n) is 12.6. The molecule has 25 heavy (non-hydrogen) atoms. The summed E-state index contributed by atoms with van der Waals surface area (Å²) >= 11 is 3.28. The van der Waals surface area contributed by atoms with E-state index in [1.54, 1.807) is 18.2 Å². The van der Waals surface area contributed by atoms with Gasteiger partial charge in [0.25, 0.3) is 11.8 Å². The van der Waals surface area contributed by atoms with Crippen LogP contribution < -0.4 is 16.5 Å². The van der Waals surface area contributed by atoms with E-state index in [-0.39, 0.29) is 22.4 Å². The molecule has 0 unspecified atom stereocenters. The van der Waals surface area contributed by atoms with Gasteiger partial charge in [-0.1, -0.05) is 15.9 Å². The van der Waals surface area contributed by atoms with E-state index in [0.717, 1.165) is 16.6 Å². The standard InChI is InChI=1S/C17H11BrFN3O3/c18-8-1-4-13-11(5-8)15(23)7-14(22-13)17(25)21-9-2-3-12(19)10(6-9)16(20)24/h1-7H,(H2,20,24)(H,21,25)(H,22,23). The maximum atomic E-state index is 13.5. The van der Waals surface area contributed by atoms with Gasteiger partial charge in [-0.2, -0.15) is 0 Å². The number of aromatic nitrogens is 1. The van der Waals surface area contributed by atoms with Crippen LogP contribution in [0.25, 0.3) is 10.9 Å². The lowest BCUT2D eigenvalue weighted by Crippen LogP contribution is -2.18. The molecule has 0 atom stereocenters. The Morgan fingerprint density at radius 1 is 1.12 bits per heavy atom. The number of hydrogen-bond acceptors (Lipinski definition) is 3. The minimum absolute atomic E-state index is 0.0322. The first kappa shape index (κ1) is 16.8. The van der Waals surface area contributed by atoms with Gasteiger partial charge in [0.1, 0.15) is 11.5 Å². The van der Waals surface area contributed by atoms with Crippen molar-refractivity contribution in [1.29, 1.82) is 0 Å². The Labute approximate surface area is 149 Å². The number of aromatic amines is 1. The van der Waals surface area contributed by atoms with Crippen LogP contribution >= 0.6 is 15.9 Å². The molecule has 3 rings (SSSR count). The van der Waals surface area contributed by atoms with E-state index in [1.165, 1.54) is 12.1 Å². The molecule has 0 aliphatic rings. The van der Waals surface area contributed by atoms with Crippen LogP contribution in [0.15, 0.2) is 51.7 Å². The second-order valence-electron chi connectivity index (χ2n) is 5.25. The predicted octanol–water partition coefficient (Wildman–Crippen LogP) is 2.78. The second-order valence-corrected chi connectivity index (χ2v) is 6.17. The van der Waals surface area contributed by atoms with Gasteiger partial charge < -0.3 is 16.0 Å². The van der Waals surface area contributed by atoms with Crippen molar-refractivity contribution >= 4 is 44.3 Å². The van der Waals surface area contributed by atoms with E-state index >= 15 is 0 Å². The van der Waals surface area contributed by atoms with Crippen LogP contribution in [-0.4, -0.2) is 16.8 Å². The fraction of sp³-hybridized carbons (Fsp3) is 0. The Kier molecular flexibility index (Phi) is 4.37. The van der Waals surface area contributed by atoms with E-state index in [1.807, 2.05) is 0 Å². The van der Waals surface area contributed by atoms with Crippen LogP contribution in [-0.2, 0) is 0 Å². The number of nitrogens with two attached hydrogens (primary N) is 1. The molecule has 2 aromatic carbocycles. The zero-order chi connectivity index (χ0) is 18.1. The second kappa shape index (κ2) is 6.48. The average Bonchev–Trinajstić information content (AvgIpc) is 2.56. The Morgan fingerprint density at radius 2 is 1.88 bits per heavy atom. The molecule has 8 heteroatoms. The Bertz CT molecular complexity index is 1080. The van der Waals surface area contributed by atoms with Crippen molar-refractivity contribution in [1.82, 2.24) is 4.98 Å². The number of halogens is 2. The van der Waals surface area contributed by atoms with Crippen LogP contribution in [0, 0.1) is 5.82 Å². The van der Waals surface area contributed by atoms with Gasteiger partial charge in [-0.3, -0.25) is 14.4 Å². The molecule has 6 nitrogen and oxygen atoms in total. The molecule has 0 aliphatic heterocycles. The van der Waals surface area contributed by atoms with Crippen molar-refractivity contribution in [3.05, 3.63) is 74.2 Å². The number of carbonyl (C=O) groups excluding carboxylic acids is 2. The van der Waals surface area contributed by atoms with Gasteiger partial charge in [0.05, 0.1) is 5.56 Å². The van der Waals surface area contributed by atoms with Gasteiger partial charge >= 0.3 is 0 Å². The maximum Gasteiger partial charge on any atom is 0.272 e. The minimum Gasteiger partial charge on any atom is -0.366 e. The number of primary amides is 1. The lowest BCUT2D eigenvalue weighted by atomic mass is 10.1. The minimum atomic E-state index is -0.946. The summed E-state index contributed by atoms with van der Waals surface area (Å²) in [5.41, 5.74) is 5.12. The number of carbonyl (C=O) groups is 2. The first-order valence-electron chi connectivity index (χ1n) is 7.08. The molecule has 0 spiro atoms. The lowest BCUT2D eigenvalue weighted by molar-refractivity contribution is 0.0992. The molecular formula is C17H11BrFN3O3. The SMILES string of the molecule is NC(=O)c1cc(NC(=O)c2cc(=O)c3cc(Br)ccc3[nH]2)ccc1F. The molecule has 0 saturated heterocycles. The van der Waals surface area contributed by atoms with Gasteiger partial charge in [-0.25, -0.2) is 4.39 Å². The summed E-state index contributed by atoms with van der Waals surface area (Å²) in [6.45, 7) is 0. The van der Waals surface area contributed by atoms with Crippen LogP contribution in [0.1, 0.15) is 20.8 Å². The molecule has 0 saturated carbocycles. The number of nitrogens with one attached hydrogen (secondary N) is 2. The molecule has 4 N–H and O–H groups in total. The van der Waals surface area contributed by atoms with Gasteiger partial charge in [-0.05, 0) is 36.4 Å². The first-order valence-corrected chi connectivity index (χ1v) is 7.88. The zero-order valence-corrected chi connectivity index (χ0v) is 14.2. The molecule has 2 amide bonds. The van der Waals surface area contributed by atoms with Crippen LogP contribution in [0.4, 0.5) is 10.1 Å². The monoisotopic (exact) mass is 403 g/mol. The summed E-state index contributed by atoms with van der Waals surface area (Å²) in [6, 6.07) is 9.66. The third kappa shape index (κ3) is 3.43. The summed E-state index contributed by atoms with van der Waals surface area (Å²) in [5.74, 6) is -2.34. The predicted molar refractivity (Wildman–Crippen MR) is 95.1 cm³/mol. The van der Waals surface area contributed by atoms with Gasteiger partial charge in [-0.15, -0.1) is 0 Å². The van der Waals surface area contributed by atoms with E-state index in [9.17, 15) is 18.8 Å². The third-order valence-corrected chi connectivity index (χ3v) is 4.02. The molecule has 0 radical (unpaired) electrons. The van der Waals surface area contributed by atoms with Crippen molar-refractivity contribution in [2.24, 2.45) is 5.73 Å².